The molecule has 1 atom stereocenters. The van der Waals surface area contributed by atoms with Gasteiger partial charge in [-0.2, -0.15) is 0 Å². The first-order valence-electron chi connectivity index (χ1n) is 4.98. The molecule has 0 bridgehead atoms. The van der Waals surface area contributed by atoms with Crippen LogP contribution in [-0.4, -0.2) is 20.2 Å². The quantitative estimate of drug-likeness (QED) is 0.791. The first-order chi connectivity index (χ1) is 6.67. The van der Waals surface area contributed by atoms with Crippen LogP contribution in [0.5, 0.6) is 5.75 Å². The van der Waals surface area contributed by atoms with Gasteiger partial charge in [-0.25, -0.2) is 0 Å². The standard InChI is InChI=1S/C12H19NO/c1-9-5-6-12(14-4)8-11(9)7-10(2)13-3/h5-6,8,10,13H,7H2,1-4H3. The van der Waals surface area contributed by atoms with Crippen LogP contribution < -0.4 is 10.1 Å². The molecule has 2 nitrogen and oxygen atoms in total. The minimum atomic E-state index is 0.501. The molecule has 0 fully saturated rings. The fraction of sp³-hybridized carbons (Fsp3) is 0.500. The second kappa shape index (κ2) is 5.01. The highest BCUT2D eigenvalue weighted by atomic mass is 16.5. The summed E-state index contributed by atoms with van der Waals surface area (Å²) < 4.78 is 5.20. The highest BCUT2D eigenvalue weighted by Crippen LogP contribution is 2.18. The van der Waals surface area contributed by atoms with Gasteiger partial charge in [0.05, 0.1) is 7.11 Å². The van der Waals surface area contributed by atoms with Crippen LogP contribution in [0, 0.1) is 6.92 Å². The summed E-state index contributed by atoms with van der Waals surface area (Å²) >= 11 is 0. The highest BCUT2D eigenvalue weighted by Gasteiger charge is 2.04. The Morgan fingerprint density at radius 1 is 1.43 bits per heavy atom. The molecule has 0 aromatic heterocycles. The number of ether oxygens (including phenoxy) is 1. The van der Waals surface area contributed by atoms with E-state index in [1.807, 2.05) is 13.1 Å². The zero-order chi connectivity index (χ0) is 10.6. The van der Waals surface area contributed by atoms with E-state index in [0.29, 0.717) is 6.04 Å². The molecule has 1 rings (SSSR count). The molecule has 0 saturated heterocycles. The van der Waals surface area contributed by atoms with Crippen molar-refractivity contribution >= 4 is 0 Å². The molecule has 0 aliphatic heterocycles. The molecule has 1 N–H and O–H groups in total. The third kappa shape index (κ3) is 2.74. The topological polar surface area (TPSA) is 21.3 Å². The Labute approximate surface area is 86.3 Å². The van der Waals surface area contributed by atoms with E-state index < -0.39 is 0 Å². The van der Waals surface area contributed by atoms with Crippen LogP contribution in [0.3, 0.4) is 0 Å². The number of benzene rings is 1. The van der Waals surface area contributed by atoms with Crippen molar-refractivity contribution in [1.29, 1.82) is 0 Å². The molecular formula is C12H19NO. The van der Waals surface area contributed by atoms with Crippen molar-refractivity contribution in [3.8, 4) is 5.75 Å². The maximum atomic E-state index is 5.20. The third-order valence-corrected chi connectivity index (χ3v) is 2.58. The highest BCUT2D eigenvalue weighted by molar-refractivity contribution is 5.35. The van der Waals surface area contributed by atoms with Crippen LogP contribution in [0.4, 0.5) is 0 Å². The number of hydrogen-bond acceptors (Lipinski definition) is 2. The number of nitrogens with one attached hydrogen (secondary N) is 1. The summed E-state index contributed by atoms with van der Waals surface area (Å²) in [5.41, 5.74) is 2.68. The minimum Gasteiger partial charge on any atom is -0.497 e. The average molecular weight is 193 g/mol. The zero-order valence-electron chi connectivity index (χ0n) is 9.42. The number of likely N-dealkylation sites (N-methyl/N-ethyl adjacent to an activating group) is 1. The van der Waals surface area contributed by atoms with Crippen molar-refractivity contribution in [3.63, 3.8) is 0 Å². The van der Waals surface area contributed by atoms with Crippen LogP contribution in [0.15, 0.2) is 18.2 Å². The van der Waals surface area contributed by atoms with Gasteiger partial charge in [-0.1, -0.05) is 6.07 Å². The Kier molecular flexibility index (Phi) is 3.96. The molecule has 0 aliphatic carbocycles. The van der Waals surface area contributed by atoms with Crippen LogP contribution in [-0.2, 0) is 6.42 Å². The molecule has 2 heteroatoms. The Morgan fingerprint density at radius 3 is 2.71 bits per heavy atom. The van der Waals surface area contributed by atoms with Gasteiger partial charge in [-0.3, -0.25) is 0 Å². The SMILES string of the molecule is CNC(C)Cc1cc(OC)ccc1C. The van der Waals surface area contributed by atoms with Crippen molar-refractivity contribution < 1.29 is 4.74 Å². The van der Waals surface area contributed by atoms with E-state index in [2.05, 4.69) is 31.3 Å². The predicted molar refractivity (Wildman–Crippen MR) is 60.0 cm³/mol. The predicted octanol–water partition coefficient (Wildman–Crippen LogP) is 2.15. The summed E-state index contributed by atoms with van der Waals surface area (Å²) in [6.07, 6.45) is 1.04. The van der Waals surface area contributed by atoms with E-state index >= 15 is 0 Å². The number of hydrogen-bond donors (Lipinski definition) is 1. The van der Waals surface area contributed by atoms with Crippen molar-refractivity contribution in [1.82, 2.24) is 5.32 Å². The van der Waals surface area contributed by atoms with Gasteiger partial charge in [0.15, 0.2) is 0 Å². The lowest BCUT2D eigenvalue weighted by atomic mass is 10.0. The molecule has 14 heavy (non-hydrogen) atoms. The lowest BCUT2D eigenvalue weighted by Crippen LogP contribution is -2.23. The van der Waals surface area contributed by atoms with Gasteiger partial charge < -0.3 is 10.1 Å². The van der Waals surface area contributed by atoms with Crippen molar-refractivity contribution in [2.45, 2.75) is 26.3 Å². The average Bonchev–Trinajstić information content (AvgIpc) is 2.21. The molecule has 1 aromatic rings. The third-order valence-electron chi connectivity index (χ3n) is 2.58. The zero-order valence-corrected chi connectivity index (χ0v) is 9.42. The van der Waals surface area contributed by atoms with E-state index in [0.717, 1.165) is 12.2 Å². The molecular weight excluding hydrogens is 174 g/mol. The van der Waals surface area contributed by atoms with Gasteiger partial charge >= 0.3 is 0 Å². The molecule has 0 aliphatic rings. The van der Waals surface area contributed by atoms with Gasteiger partial charge in [-0.05, 0) is 50.6 Å². The van der Waals surface area contributed by atoms with Crippen molar-refractivity contribution in [3.05, 3.63) is 29.3 Å². The lowest BCUT2D eigenvalue weighted by molar-refractivity contribution is 0.414. The number of rotatable bonds is 4. The van der Waals surface area contributed by atoms with Gasteiger partial charge in [0.2, 0.25) is 0 Å². The van der Waals surface area contributed by atoms with Crippen molar-refractivity contribution in [2.75, 3.05) is 14.2 Å². The van der Waals surface area contributed by atoms with E-state index in [9.17, 15) is 0 Å². The summed E-state index contributed by atoms with van der Waals surface area (Å²) in [5.74, 6) is 0.939. The molecule has 0 amide bonds. The summed E-state index contributed by atoms with van der Waals surface area (Å²) in [7, 11) is 3.69. The van der Waals surface area contributed by atoms with E-state index in [1.165, 1.54) is 11.1 Å². The van der Waals surface area contributed by atoms with E-state index in [-0.39, 0.29) is 0 Å². The van der Waals surface area contributed by atoms with Gasteiger partial charge in [0, 0.05) is 6.04 Å². The van der Waals surface area contributed by atoms with Crippen LogP contribution in [0.25, 0.3) is 0 Å². The van der Waals surface area contributed by atoms with Gasteiger partial charge in [0.1, 0.15) is 5.75 Å². The maximum Gasteiger partial charge on any atom is 0.119 e. The first kappa shape index (κ1) is 11.1. The Morgan fingerprint density at radius 2 is 2.14 bits per heavy atom. The first-order valence-corrected chi connectivity index (χ1v) is 4.98. The Hall–Kier alpha value is -1.02. The van der Waals surface area contributed by atoms with Gasteiger partial charge in [0.25, 0.3) is 0 Å². The van der Waals surface area contributed by atoms with Gasteiger partial charge in [-0.15, -0.1) is 0 Å². The molecule has 0 radical (unpaired) electrons. The lowest BCUT2D eigenvalue weighted by Gasteiger charge is -2.13. The fourth-order valence-electron chi connectivity index (χ4n) is 1.43. The molecule has 0 saturated carbocycles. The van der Waals surface area contributed by atoms with Crippen molar-refractivity contribution in [2.24, 2.45) is 0 Å². The molecule has 0 spiro atoms. The van der Waals surface area contributed by atoms with E-state index in [1.54, 1.807) is 7.11 Å². The molecule has 0 heterocycles. The van der Waals surface area contributed by atoms with E-state index in [4.69, 9.17) is 4.74 Å². The summed E-state index contributed by atoms with van der Waals surface area (Å²) in [6.45, 7) is 4.32. The van der Waals surface area contributed by atoms with Crippen LogP contribution in [0.1, 0.15) is 18.1 Å². The summed E-state index contributed by atoms with van der Waals surface area (Å²) in [6, 6.07) is 6.73. The monoisotopic (exact) mass is 193 g/mol. The van der Waals surface area contributed by atoms with Crippen LogP contribution in [0.2, 0.25) is 0 Å². The fourth-order valence-corrected chi connectivity index (χ4v) is 1.43. The number of aryl methyl sites for hydroxylation is 1. The summed E-state index contributed by atoms with van der Waals surface area (Å²) in [4.78, 5) is 0. The smallest absolute Gasteiger partial charge is 0.119 e. The largest absolute Gasteiger partial charge is 0.497 e. The Balaban J connectivity index is 2.83. The molecule has 1 aromatic carbocycles. The summed E-state index contributed by atoms with van der Waals surface area (Å²) in [5, 5.41) is 3.24. The van der Waals surface area contributed by atoms with Crippen LogP contribution >= 0.6 is 0 Å². The normalized spacial score (nSPS) is 12.6. The minimum absolute atomic E-state index is 0.501. The number of methoxy groups -OCH3 is 1. The second-order valence-electron chi connectivity index (χ2n) is 3.69. The molecule has 1 unspecified atom stereocenters. The maximum absolute atomic E-state index is 5.20. The second-order valence-corrected chi connectivity index (χ2v) is 3.69. The molecule has 78 valence electrons. The Bertz CT molecular complexity index is 296.